The van der Waals surface area contributed by atoms with Crippen molar-refractivity contribution in [3.05, 3.63) is 66.5 Å². The van der Waals surface area contributed by atoms with Crippen LogP contribution in [0.15, 0.2) is 60.9 Å². The first-order valence-corrected chi connectivity index (χ1v) is 6.80. The zero-order valence-corrected chi connectivity index (χ0v) is 12.1. The molecule has 2 aromatic carbocycles. The number of hydrogen-bond acceptors (Lipinski definition) is 3. The lowest BCUT2D eigenvalue weighted by molar-refractivity contribution is 0.415. The fraction of sp³-hybridized carbons (Fsp3) is 0.111. The van der Waals surface area contributed by atoms with Gasteiger partial charge < -0.3 is 4.74 Å². The molecule has 0 radical (unpaired) electrons. The monoisotopic (exact) mass is 276 g/mol. The van der Waals surface area contributed by atoms with Gasteiger partial charge in [0.15, 0.2) is 0 Å². The van der Waals surface area contributed by atoms with Gasteiger partial charge in [-0.1, -0.05) is 29.8 Å². The summed E-state index contributed by atoms with van der Waals surface area (Å²) in [6.45, 7) is 2.07. The Kier molecular flexibility index (Phi) is 3.65. The van der Waals surface area contributed by atoms with Gasteiger partial charge in [0.2, 0.25) is 0 Å². The average Bonchev–Trinajstić information content (AvgIpc) is 2.56. The molecule has 0 bridgehead atoms. The maximum Gasteiger partial charge on any atom is 0.118 e. The molecule has 0 fully saturated rings. The van der Waals surface area contributed by atoms with Gasteiger partial charge in [-0.2, -0.15) is 0 Å². The number of ether oxygens (including phenoxy) is 1. The summed E-state index contributed by atoms with van der Waals surface area (Å²) in [7, 11) is 1.66. The quantitative estimate of drug-likeness (QED) is 0.721. The minimum Gasteiger partial charge on any atom is -0.497 e. The first kappa shape index (κ1) is 13.3. The molecule has 3 nitrogen and oxygen atoms in total. The van der Waals surface area contributed by atoms with E-state index in [-0.39, 0.29) is 0 Å². The maximum absolute atomic E-state index is 5.17. The topological polar surface area (TPSA) is 35.0 Å². The van der Waals surface area contributed by atoms with Crippen molar-refractivity contribution >= 4 is 0 Å². The molecule has 0 amide bonds. The van der Waals surface area contributed by atoms with Crippen molar-refractivity contribution in [2.24, 2.45) is 0 Å². The number of rotatable bonds is 3. The number of methoxy groups -OCH3 is 1. The number of aryl methyl sites for hydroxylation is 1. The number of hydrogen-bond donors (Lipinski definition) is 0. The van der Waals surface area contributed by atoms with Crippen molar-refractivity contribution in [1.29, 1.82) is 0 Å². The molecule has 3 rings (SSSR count). The van der Waals surface area contributed by atoms with Crippen molar-refractivity contribution in [3.8, 4) is 28.3 Å². The van der Waals surface area contributed by atoms with E-state index in [1.807, 2.05) is 24.3 Å². The van der Waals surface area contributed by atoms with Gasteiger partial charge in [0, 0.05) is 11.1 Å². The summed E-state index contributed by atoms with van der Waals surface area (Å²) < 4.78 is 5.17. The first-order chi connectivity index (χ1) is 10.3. The summed E-state index contributed by atoms with van der Waals surface area (Å²) in [6, 6.07) is 16.1. The van der Waals surface area contributed by atoms with Crippen LogP contribution in [0.1, 0.15) is 5.56 Å². The van der Waals surface area contributed by atoms with Crippen LogP contribution in [0.2, 0.25) is 0 Å². The molecule has 3 aromatic rings. The average molecular weight is 276 g/mol. The van der Waals surface area contributed by atoms with Crippen LogP contribution >= 0.6 is 0 Å². The van der Waals surface area contributed by atoms with Crippen molar-refractivity contribution in [3.63, 3.8) is 0 Å². The zero-order chi connectivity index (χ0) is 14.7. The molecule has 3 heteroatoms. The fourth-order valence-electron chi connectivity index (χ4n) is 2.13. The molecule has 0 aliphatic heterocycles. The predicted octanol–water partition coefficient (Wildman–Crippen LogP) is 4.13. The molecule has 104 valence electrons. The predicted molar refractivity (Wildman–Crippen MR) is 84.2 cm³/mol. The van der Waals surface area contributed by atoms with Crippen LogP contribution in [0.5, 0.6) is 5.75 Å². The van der Waals surface area contributed by atoms with Crippen molar-refractivity contribution in [2.75, 3.05) is 7.11 Å². The van der Waals surface area contributed by atoms with Gasteiger partial charge >= 0.3 is 0 Å². The SMILES string of the molecule is COc1ccc(-c2cncc(-c3ccc(C)cc3)n2)cc1. The van der Waals surface area contributed by atoms with Crippen LogP contribution in [-0.4, -0.2) is 17.1 Å². The van der Waals surface area contributed by atoms with E-state index >= 15 is 0 Å². The van der Waals surface area contributed by atoms with Crippen LogP contribution in [0.4, 0.5) is 0 Å². The standard InChI is InChI=1S/C18H16N2O/c1-13-3-5-14(6-4-13)17-11-19-12-18(20-17)15-7-9-16(21-2)10-8-15/h3-12H,1-2H3. The smallest absolute Gasteiger partial charge is 0.118 e. The molecule has 21 heavy (non-hydrogen) atoms. The molecule has 0 saturated carbocycles. The summed E-state index contributed by atoms with van der Waals surface area (Å²) >= 11 is 0. The molecular formula is C18H16N2O. The summed E-state index contributed by atoms with van der Waals surface area (Å²) in [5, 5.41) is 0. The van der Waals surface area contributed by atoms with Crippen LogP contribution in [0, 0.1) is 6.92 Å². The number of benzene rings is 2. The highest BCUT2D eigenvalue weighted by molar-refractivity contribution is 5.65. The Morgan fingerprint density at radius 2 is 1.29 bits per heavy atom. The molecular weight excluding hydrogens is 260 g/mol. The van der Waals surface area contributed by atoms with Gasteiger partial charge in [0.25, 0.3) is 0 Å². The van der Waals surface area contributed by atoms with E-state index in [1.165, 1.54) is 5.56 Å². The number of nitrogens with zero attached hydrogens (tertiary/aromatic N) is 2. The van der Waals surface area contributed by atoms with Crippen LogP contribution in [-0.2, 0) is 0 Å². The highest BCUT2D eigenvalue weighted by Crippen LogP contribution is 2.23. The van der Waals surface area contributed by atoms with E-state index in [4.69, 9.17) is 9.72 Å². The third-order valence-electron chi connectivity index (χ3n) is 3.37. The molecule has 0 aliphatic rings. The van der Waals surface area contributed by atoms with E-state index in [1.54, 1.807) is 19.5 Å². The second-order valence-corrected chi connectivity index (χ2v) is 4.88. The molecule has 0 aliphatic carbocycles. The Bertz CT molecular complexity index is 734. The van der Waals surface area contributed by atoms with Gasteiger partial charge in [-0.05, 0) is 31.2 Å². The second kappa shape index (κ2) is 5.75. The molecule has 1 heterocycles. The highest BCUT2D eigenvalue weighted by Gasteiger charge is 2.04. The van der Waals surface area contributed by atoms with E-state index in [2.05, 4.69) is 36.2 Å². The van der Waals surface area contributed by atoms with Crippen molar-refractivity contribution in [1.82, 2.24) is 9.97 Å². The van der Waals surface area contributed by atoms with E-state index in [9.17, 15) is 0 Å². The molecule has 0 atom stereocenters. The van der Waals surface area contributed by atoms with Crippen molar-refractivity contribution in [2.45, 2.75) is 6.92 Å². The molecule has 0 spiro atoms. The molecule has 1 aromatic heterocycles. The lowest BCUT2D eigenvalue weighted by Gasteiger charge is -2.06. The van der Waals surface area contributed by atoms with Crippen LogP contribution in [0.3, 0.4) is 0 Å². The molecule has 0 unspecified atom stereocenters. The summed E-state index contributed by atoms with van der Waals surface area (Å²) in [5.41, 5.74) is 5.07. The zero-order valence-electron chi connectivity index (χ0n) is 12.1. The molecule has 0 saturated heterocycles. The van der Waals surface area contributed by atoms with Gasteiger partial charge in [0.05, 0.1) is 30.9 Å². The Morgan fingerprint density at radius 1 is 0.762 bits per heavy atom. The Labute approximate surface area is 124 Å². The normalized spacial score (nSPS) is 10.4. The third kappa shape index (κ3) is 2.92. The van der Waals surface area contributed by atoms with E-state index in [0.717, 1.165) is 28.3 Å². The van der Waals surface area contributed by atoms with Crippen molar-refractivity contribution < 1.29 is 4.74 Å². The van der Waals surface area contributed by atoms with E-state index < -0.39 is 0 Å². The second-order valence-electron chi connectivity index (χ2n) is 4.88. The van der Waals surface area contributed by atoms with Crippen LogP contribution < -0.4 is 4.74 Å². The summed E-state index contributed by atoms with van der Waals surface area (Å²) in [4.78, 5) is 9.00. The van der Waals surface area contributed by atoms with Gasteiger partial charge in [-0.15, -0.1) is 0 Å². The number of aromatic nitrogens is 2. The minimum atomic E-state index is 0.835. The fourth-order valence-corrected chi connectivity index (χ4v) is 2.13. The first-order valence-electron chi connectivity index (χ1n) is 6.80. The Hall–Kier alpha value is -2.68. The van der Waals surface area contributed by atoms with Gasteiger partial charge in [-0.3, -0.25) is 4.98 Å². The van der Waals surface area contributed by atoms with Gasteiger partial charge in [-0.25, -0.2) is 4.98 Å². The van der Waals surface area contributed by atoms with E-state index in [0.29, 0.717) is 0 Å². The largest absolute Gasteiger partial charge is 0.497 e. The summed E-state index contributed by atoms with van der Waals surface area (Å²) in [6.07, 6.45) is 3.57. The maximum atomic E-state index is 5.17. The Morgan fingerprint density at radius 3 is 1.81 bits per heavy atom. The Balaban J connectivity index is 1.97. The lowest BCUT2D eigenvalue weighted by Crippen LogP contribution is -1.90. The third-order valence-corrected chi connectivity index (χ3v) is 3.37. The minimum absolute atomic E-state index is 0.835. The lowest BCUT2D eigenvalue weighted by atomic mass is 10.1. The summed E-state index contributed by atoms with van der Waals surface area (Å²) in [5.74, 6) is 0.835. The van der Waals surface area contributed by atoms with Crippen LogP contribution in [0.25, 0.3) is 22.5 Å². The van der Waals surface area contributed by atoms with Gasteiger partial charge in [0.1, 0.15) is 5.75 Å². The molecule has 0 N–H and O–H groups in total. The highest BCUT2D eigenvalue weighted by atomic mass is 16.5.